The van der Waals surface area contributed by atoms with Gasteiger partial charge in [0, 0.05) is 0 Å². The summed E-state index contributed by atoms with van der Waals surface area (Å²) >= 11 is 0. The first kappa shape index (κ1) is 18.7. The lowest BCUT2D eigenvalue weighted by molar-refractivity contribution is -0.177. The van der Waals surface area contributed by atoms with Crippen molar-refractivity contribution in [3.05, 3.63) is 0 Å². The molecule has 2 unspecified atom stereocenters. The molecule has 0 rings (SSSR count). The Morgan fingerprint density at radius 3 is 2.15 bits per heavy atom. The van der Waals surface area contributed by atoms with Gasteiger partial charge in [-0.1, -0.05) is 33.6 Å². The van der Waals surface area contributed by atoms with E-state index in [0.29, 0.717) is 12.8 Å². The number of ether oxygens (including phenoxy) is 1. The van der Waals surface area contributed by atoms with Crippen LogP contribution in [0, 0.1) is 5.92 Å². The Labute approximate surface area is 117 Å². The zero-order valence-electron chi connectivity index (χ0n) is 12.2. The van der Waals surface area contributed by atoms with Gasteiger partial charge in [-0.3, -0.25) is 4.79 Å². The zero-order valence-corrected chi connectivity index (χ0v) is 12.2. The van der Waals surface area contributed by atoms with E-state index >= 15 is 0 Å². The third-order valence-electron chi connectivity index (χ3n) is 3.02. The molecule has 0 bridgehead atoms. The third-order valence-corrected chi connectivity index (χ3v) is 3.02. The van der Waals surface area contributed by atoms with E-state index in [1.165, 1.54) is 0 Å². The van der Waals surface area contributed by atoms with Crippen molar-refractivity contribution < 1.29 is 27.5 Å². The summed E-state index contributed by atoms with van der Waals surface area (Å²) in [6.45, 7) is 6.88. The Bertz CT molecular complexity index is 331. The Balaban J connectivity index is 4.80. The molecule has 0 aromatic rings. The van der Waals surface area contributed by atoms with Crippen molar-refractivity contribution >= 4 is 11.9 Å². The Kier molecular flexibility index (Phi) is 7.60. The molecule has 0 aliphatic heterocycles. The number of carbonyl (C=O) groups is 2. The number of rotatable bonds is 7. The molecule has 0 saturated heterocycles. The molecule has 4 nitrogen and oxygen atoms in total. The third kappa shape index (κ3) is 6.25. The maximum atomic E-state index is 12.3. The first-order valence-electron chi connectivity index (χ1n) is 6.71. The van der Waals surface area contributed by atoms with Crippen LogP contribution in [0.5, 0.6) is 0 Å². The molecular weight excluding hydrogens is 275 g/mol. The monoisotopic (exact) mass is 297 g/mol. The minimum atomic E-state index is -5.01. The van der Waals surface area contributed by atoms with Crippen molar-refractivity contribution in [1.29, 1.82) is 0 Å². The molecule has 1 amide bonds. The quantitative estimate of drug-likeness (QED) is 0.735. The molecule has 0 heterocycles. The molecule has 118 valence electrons. The van der Waals surface area contributed by atoms with Gasteiger partial charge in [0.25, 0.3) is 0 Å². The lowest BCUT2D eigenvalue weighted by atomic mass is 9.99. The van der Waals surface area contributed by atoms with Crippen LogP contribution in [0.3, 0.4) is 0 Å². The highest BCUT2D eigenvalue weighted by Gasteiger charge is 2.42. The summed E-state index contributed by atoms with van der Waals surface area (Å²) in [5.74, 6) is -3.39. The highest BCUT2D eigenvalue weighted by Crippen LogP contribution is 2.18. The first-order chi connectivity index (χ1) is 9.13. The number of carbonyl (C=O) groups excluding carboxylic acids is 2. The lowest BCUT2D eigenvalue weighted by Crippen LogP contribution is -2.50. The van der Waals surface area contributed by atoms with Crippen molar-refractivity contribution in [2.75, 3.05) is 0 Å². The van der Waals surface area contributed by atoms with Crippen LogP contribution >= 0.6 is 0 Å². The number of halogens is 3. The van der Waals surface area contributed by atoms with Crippen molar-refractivity contribution in [2.45, 2.75) is 65.3 Å². The highest BCUT2D eigenvalue weighted by molar-refractivity contribution is 5.87. The second kappa shape index (κ2) is 8.11. The van der Waals surface area contributed by atoms with Crippen LogP contribution in [0.15, 0.2) is 0 Å². The fraction of sp³-hybridized carbons (Fsp3) is 0.846. The lowest BCUT2D eigenvalue weighted by Gasteiger charge is -2.24. The van der Waals surface area contributed by atoms with Gasteiger partial charge in [0.15, 0.2) is 0 Å². The maximum absolute atomic E-state index is 12.3. The summed E-state index contributed by atoms with van der Waals surface area (Å²) in [5, 5.41) is 1.72. The standard InChI is InChI=1S/C13H22F3NO3/c1-5-7-9(4)20-11(18)10(8(3)6-2)17-12(19)13(14,15)16/h8-10H,5-7H2,1-4H3,(H,17,19)/t8?,9?,10-/m0/s1. The smallest absolute Gasteiger partial charge is 0.461 e. The van der Waals surface area contributed by atoms with E-state index in [2.05, 4.69) is 0 Å². The van der Waals surface area contributed by atoms with Gasteiger partial charge in [0.2, 0.25) is 0 Å². The van der Waals surface area contributed by atoms with Crippen LogP contribution in [0.1, 0.15) is 47.0 Å². The number of hydrogen-bond acceptors (Lipinski definition) is 3. The molecule has 3 atom stereocenters. The van der Waals surface area contributed by atoms with Gasteiger partial charge >= 0.3 is 18.1 Å². The average molecular weight is 297 g/mol. The summed E-state index contributed by atoms with van der Waals surface area (Å²) < 4.78 is 41.8. The van der Waals surface area contributed by atoms with Gasteiger partial charge in [-0.2, -0.15) is 13.2 Å². The summed E-state index contributed by atoms with van der Waals surface area (Å²) in [6, 6.07) is -1.28. The number of hydrogen-bond donors (Lipinski definition) is 1. The molecule has 0 saturated carbocycles. The Hall–Kier alpha value is -1.27. The Morgan fingerprint density at radius 2 is 1.75 bits per heavy atom. The second-order valence-corrected chi connectivity index (χ2v) is 4.87. The molecule has 0 aromatic carbocycles. The highest BCUT2D eigenvalue weighted by atomic mass is 19.4. The van der Waals surface area contributed by atoms with Crippen LogP contribution in [0.2, 0.25) is 0 Å². The molecule has 0 spiro atoms. The minimum absolute atomic E-state index is 0.387. The van der Waals surface area contributed by atoms with Crippen molar-refractivity contribution in [2.24, 2.45) is 5.92 Å². The predicted molar refractivity (Wildman–Crippen MR) is 67.9 cm³/mol. The number of esters is 1. The molecule has 7 heteroatoms. The summed E-state index contributed by atoms with van der Waals surface area (Å²) in [7, 11) is 0. The average Bonchev–Trinajstić information content (AvgIpc) is 2.33. The van der Waals surface area contributed by atoms with Crippen molar-refractivity contribution in [3.63, 3.8) is 0 Å². The second-order valence-electron chi connectivity index (χ2n) is 4.87. The van der Waals surface area contributed by atoms with E-state index in [1.807, 2.05) is 6.92 Å². The predicted octanol–water partition coefficient (Wildman–Crippen LogP) is 2.81. The Morgan fingerprint density at radius 1 is 1.20 bits per heavy atom. The van der Waals surface area contributed by atoms with Crippen LogP contribution in [0.25, 0.3) is 0 Å². The van der Waals surface area contributed by atoms with Gasteiger partial charge < -0.3 is 10.1 Å². The van der Waals surface area contributed by atoms with Gasteiger partial charge in [0.05, 0.1) is 6.10 Å². The molecule has 0 aliphatic rings. The van der Waals surface area contributed by atoms with E-state index < -0.39 is 30.0 Å². The van der Waals surface area contributed by atoms with Gasteiger partial charge in [-0.25, -0.2) is 4.79 Å². The van der Waals surface area contributed by atoms with Crippen molar-refractivity contribution in [1.82, 2.24) is 5.32 Å². The summed E-state index contributed by atoms with van der Waals surface area (Å²) in [5.41, 5.74) is 0. The summed E-state index contributed by atoms with van der Waals surface area (Å²) in [6.07, 6.45) is -3.55. The number of alkyl halides is 3. The van der Waals surface area contributed by atoms with Crippen molar-refractivity contribution in [3.8, 4) is 0 Å². The van der Waals surface area contributed by atoms with E-state index in [4.69, 9.17) is 4.74 Å². The normalized spacial score (nSPS) is 16.1. The molecule has 0 radical (unpaired) electrons. The van der Waals surface area contributed by atoms with Crippen LogP contribution < -0.4 is 5.32 Å². The fourth-order valence-electron chi connectivity index (χ4n) is 1.63. The zero-order chi connectivity index (χ0) is 15.9. The molecule has 0 aliphatic carbocycles. The molecule has 20 heavy (non-hydrogen) atoms. The number of nitrogens with one attached hydrogen (secondary N) is 1. The van der Waals surface area contributed by atoms with E-state index in [-0.39, 0.29) is 6.10 Å². The largest absolute Gasteiger partial charge is 0.471 e. The minimum Gasteiger partial charge on any atom is -0.461 e. The topological polar surface area (TPSA) is 55.4 Å². The fourth-order valence-corrected chi connectivity index (χ4v) is 1.63. The van der Waals surface area contributed by atoms with Crippen LogP contribution in [-0.2, 0) is 14.3 Å². The molecule has 1 N–H and O–H groups in total. The molecule has 0 fully saturated rings. The maximum Gasteiger partial charge on any atom is 0.471 e. The first-order valence-corrected chi connectivity index (χ1v) is 6.71. The van der Waals surface area contributed by atoms with Gasteiger partial charge in [-0.15, -0.1) is 0 Å². The van der Waals surface area contributed by atoms with E-state index in [1.54, 1.807) is 26.1 Å². The van der Waals surface area contributed by atoms with Crippen LogP contribution in [0.4, 0.5) is 13.2 Å². The van der Waals surface area contributed by atoms with Gasteiger partial charge in [-0.05, 0) is 19.3 Å². The molecule has 0 aromatic heterocycles. The van der Waals surface area contributed by atoms with Gasteiger partial charge in [0.1, 0.15) is 6.04 Å². The SMILES string of the molecule is CCCC(C)OC(=O)[C@@H](NC(=O)C(F)(F)F)C(C)CC. The number of amides is 1. The summed E-state index contributed by atoms with van der Waals surface area (Å²) in [4.78, 5) is 22.9. The van der Waals surface area contributed by atoms with Crippen LogP contribution in [-0.4, -0.2) is 30.2 Å². The van der Waals surface area contributed by atoms with E-state index in [0.717, 1.165) is 6.42 Å². The van der Waals surface area contributed by atoms with E-state index in [9.17, 15) is 22.8 Å². The molecular formula is C13H22F3NO3.